The van der Waals surface area contributed by atoms with Crippen LogP contribution in [-0.2, 0) is 12.0 Å². The Kier molecular flexibility index (Phi) is 4.85. The van der Waals surface area contributed by atoms with Gasteiger partial charge in [0.15, 0.2) is 0 Å². The SMILES string of the molecule is CC(C)(C)c1ccc(CN)c(Cl)n1.Cl. The molecule has 1 aromatic heterocycles. The summed E-state index contributed by atoms with van der Waals surface area (Å²) in [7, 11) is 0. The van der Waals surface area contributed by atoms with Gasteiger partial charge in [0.05, 0.1) is 0 Å². The normalized spacial score (nSPS) is 10.9. The Morgan fingerprint density at radius 2 is 1.93 bits per heavy atom. The van der Waals surface area contributed by atoms with Crippen molar-refractivity contribution >= 4 is 24.0 Å². The Hall–Kier alpha value is -0.310. The van der Waals surface area contributed by atoms with E-state index in [1.165, 1.54) is 0 Å². The summed E-state index contributed by atoms with van der Waals surface area (Å²) in [5, 5.41) is 0.523. The summed E-state index contributed by atoms with van der Waals surface area (Å²) < 4.78 is 0. The zero-order valence-electron chi connectivity index (χ0n) is 8.67. The van der Waals surface area contributed by atoms with E-state index < -0.39 is 0 Å². The molecule has 2 nitrogen and oxygen atoms in total. The minimum Gasteiger partial charge on any atom is -0.326 e. The van der Waals surface area contributed by atoms with Gasteiger partial charge in [0.2, 0.25) is 0 Å². The van der Waals surface area contributed by atoms with Crippen LogP contribution in [0.4, 0.5) is 0 Å². The minimum atomic E-state index is 0. The molecule has 80 valence electrons. The van der Waals surface area contributed by atoms with E-state index in [-0.39, 0.29) is 17.8 Å². The highest BCUT2D eigenvalue weighted by molar-refractivity contribution is 6.30. The second-order valence-electron chi connectivity index (χ2n) is 4.10. The van der Waals surface area contributed by atoms with E-state index in [1.54, 1.807) is 0 Å². The van der Waals surface area contributed by atoms with Gasteiger partial charge in [-0.3, -0.25) is 0 Å². The largest absolute Gasteiger partial charge is 0.326 e. The summed E-state index contributed by atoms with van der Waals surface area (Å²) in [4.78, 5) is 4.30. The first-order valence-electron chi connectivity index (χ1n) is 4.31. The molecule has 1 heterocycles. The van der Waals surface area contributed by atoms with E-state index >= 15 is 0 Å². The number of aromatic nitrogens is 1. The van der Waals surface area contributed by atoms with Gasteiger partial charge in [0.25, 0.3) is 0 Å². The first-order chi connectivity index (χ1) is 5.95. The summed E-state index contributed by atoms with van der Waals surface area (Å²) >= 11 is 5.94. The van der Waals surface area contributed by atoms with Crippen LogP contribution >= 0.6 is 24.0 Å². The fraction of sp³-hybridized carbons (Fsp3) is 0.500. The molecule has 0 aliphatic rings. The van der Waals surface area contributed by atoms with Crippen molar-refractivity contribution in [2.24, 2.45) is 5.73 Å². The molecule has 1 aromatic rings. The van der Waals surface area contributed by atoms with Gasteiger partial charge in [-0.25, -0.2) is 4.98 Å². The van der Waals surface area contributed by atoms with Crippen molar-refractivity contribution in [3.63, 3.8) is 0 Å². The molecule has 0 radical (unpaired) electrons. The average Bonchev–Trinajstić information content (AvgIpc) is 2.02. The summed E-state index contributed by atoms with van der Waals surface area (Å²) in [6.45, 7) is 6.76. The molecular weight excluding hydrogens is 219 g/mol. The molecule has 0 aliphatic heterocycles. The van der Waals surface area contributed by atoms with Gasteiger partial charge >= 0.3 is 0 Å². The van der Waals surface area contributed by atoms with Gasteiger partial charge in [0.1, 0.15) is 5.15 Å². The predicted molar refractivity (Wildman–Crippen MR) is 63.1 cm³/mol. The third kappa shape index (κ3) is 3.12. The summed E-state index contributed by atoms with van der Waals surface area (Å²) in [6.07, 6.45) is 0. The molecule has 2 N–H and O–H groups in total. The lowest BCUT2D eigenvalue weighted by Gasteiger charge is -2.18. The highest BCUT2D eigenvalue weighted by atomic mass is 35.5. The number of nitrogens with two attached hydrogens (primary N) is 1. The number of hydrogen-bond donors (Lipinski definition) is 1. The average molecular weight is 235 g/mol. The molecule has 0 amide bonds. The molecule has 0 bridgehead atoms. The molecule has 0 saturated carbocycles. The molecule has 14 heavy (non-hydrogen) atoms. The van der Waals surface area contributed by atoms with Gasteiger partial charge in [-0.1, -0.05) is 38.4 Å². The van der Waals surface area contributed by atoms with Gasteiger partial charge in [-0.2, -0.15) is 0 Å². The topological polar surface area (TPSA) is 38.9 Å². The quantitative estimate of drug-likeness (QED) is 0.760. The summed E-state index contributed by atoms with van der Waals surface area (Å²) in [5.74, 6) is 0. The van der Waals surface area contributed by atoms with Gasteiger partial charge in [-0.15, -0.1) is 12.4 Å². The minimum absolute atomic E-state index is 0. The molecule has 0 aromatic carbocycles. The fourth-order valence-electron chi connectivity index (χ4n) is 1.03. The third-order valence-corrected chi connectivity index (χ3v) is 2.24. The van der Waals surface area contributed by atoms with Crippen LogP contribution < -0.4 is 5.73 Å². The van der Waals surface area contributed by atoms with Crippen LogP contribution in [0.15, 0.2) is 12.1 Å². The van der Waals surface area contributed by atoms with Crippen LogP contribution in [0.3, 0.4) is 0 Å². The predicted octanol–water partition coefficient (Wildman–Crippen LogP) is 2.91. The zero-order valence-corrected chi connectivity index (χ0v) is 10.2. The number of pyridine rings is 1. The van der Waals surface area contributed by atoms with Gasteiger partial charge in [0, 0.05) is 23.2 Å². The Bertz CT molecular complexity index is 305. The van der Waals surface area contributed by atoms with E-state index in [2.05, 4.69) is 25.8 Å². The van der Waals surface area contributed by atoms with E-state index in [0.717, 1.165) is 11.3 Å². The van der Waals surface area contributed by atoms with Gasteiger partial charge < -0.3 is 5.73 Å². The van der Waals surface area contributed by atoms with Crippen molar-refractivity contribution in [1.29, 1.82) is 0 Å². The van der Waals surface area contributed by atoms with Crippen LogP contribution in [0.25, 0.3) is 0 Å². The molecule has 0 fully saturated rings. The maximum absolute atomic E-state index is 5.94. The molecule has 0 spiro atoms. The second kappa shape index (κ2) is 4.96. The highest BCUT2D eigenvalue weighted by Gasteiger charge is 2.16. The third-order valence-electron chi connectivity index (χ3n) is 1.91. The molecule has 0 atom stereocenters. The van der Waals surface area contributed by atoms with E-state index in [1.807, 2.05) is 12.1 Å². The van der Waals surface area contributed by atoms with Crippen LogP contribution in [-0.4, -0.2) is 4.98 Å². The molecule has 0 unspecified atom stereocenters. The number of hydrogen-bond acceptors (Lipinski definition) is 2. The van der Waals surface area contributed by atoms with Crippen molar-refractivity contribution < 1.29 is 0 Å². The van der Waals surface area contributed by atoms with E-state index in [4.69, 9.17) is 17.3 Å². The van der Waals surface area contributed by atoms with E-state index in [0.29, 0.717) is 11.7 Å². The second-order valence-corrected chi connectivity index (χ2v) is 4.46. The maximum Gasteiger partial charge on any atom is 0.133 e. The van der Waals surface area contributed by atoms with Crippen molar-refractivity contribution in [2.75, 3.05) is 0 Å². The van der Waals surface area contributed by atoms with Crippen molar-refractivity contribution in [2.45, 2.75) is 32.7 Å². The first-order valence-corrected chi connectivity index (χ1v) is 4.69. The molecule has 0 aliphatic carbocycles. The number of rotatable bonds is 1. The summed E-state index contributed by atoms with van der Waals surface area (Å²) in [6, 6.07) is 3.92. The highest BCUT2D eigenvalue weighted by Crippen LogP contribution is 2.23. The fourth-order valence-corrected chi connectivity index (χ4v) is 1.26. The monoisotopic (exact) mass is 234 g/mol. The Morgan fingerprint density at radius 1 is 1.36 bits per heavy atom. The van der Waals surface area contributed by atoms with Crippen LogP contribution in [0.1, 0.15) is 32.0 Å². The zero-order chi connectivity index (χ0) is 10.1. The van der Waals surface area contributed by atoms with Crippen molar-refractivity contribution in [1.82, 2.24) is 4.98 Å². The Labute approximate surface area is 96.3 Å². The number of nitrogens with zero attached hydrogens (tertiary/aromatic N) is 1. The Morgan fingerprint density at radius 3 is 2.29 bits per heavy atom. The van der Waals surface area contributed by atoms with E-state index in [9.17, 15) is 0 Å². The Balaban J connectivity index is 0.00000169. The van der Waals surface area contributed by atoms with Crippen LogP contribution in [0, 0.1) is 0 Å². The summed E-state index contributed by atoms with van der Waals surface area (Å²) in [5.41, 5.74) is 7.42. The molecule has 4 heteroatoms. The molecule has 1 rings (SSSR count). The number of halogens is 2. The standard InChI is InChI=1S/C10H15ClN2.ClH/c1-10(2,3)8-5-4-7(6-12)9(11)13-8;/h4-5H,6,12H2,1-3H3;1H. The molecular formula is C10H16Cl2N2. The lowest BCUT2D eigenvalue weighted by molar-refractivity contribution is 0.568. The maximum atomic E-state index is 5.94. The lowest BCUT2D eigenvalue weighted by atomic mass is 9.91. The first kappa shape index (κ1) is 13.7. The van der Waals surface area contributed by atoms with Crippen molar-refractivity contribution in [3.05, 3.63) is 28.5 Å². The smallest absolute Gasteiger partial charge is 0.133 e. The van der Waals surface area contributed by atoms with Crippen LogP contribution in [0.5, 0.6) is 0 Å². The van der Waals surface area contributed by atoms with Crippen LogP contribution in [0.2, 0.25) is 5.15 Å². The van der Waals surface area contributed by atoms with Gasteiger partial charge in [-0.05, 0) is 6.07 Å². The van der Waals surface area contributed by atoms with Crippen molar-refractivity contribution in [3.8, 4) is 0 Å². The lowest BCUT2D eigenvalue weighted by Crippen LogP contribution is -2.14. The molecule has 0 saturated heterocycles.